The molecule has 0 aliphatic carbocycles. The molecule has 396 valence electrons. The number of aliphatic hydroxyl groups excluding tert-OH is 17. The molecule has 0 spiro atoms. The van der Waals surface area contributed by atoms with E-state index in [-0.39, 0.29) is 0 Å². The first-order chi connectivity index (χ1) is 32.1. The van der Waals surface area contributed by atoms with Crippen LogP contribution in [0.3, 0.4) is 0 Å². The Morgan fingerprint density at radius 2 is 0.750 bits per heavy atom. The van der Waals surface area contributed by atoms with Crippen LogP contribution in [0.15, 0.2) is 0 Å². The van der Waals surface area contributed by atoms with Gasteiger partial charge < -0.3 is 144 Å². The van der Waals surface area contributed by atoms with Gasteiger partial charge in [-0.3, -0.25) is 4.79 Å². The summed E-state index contributed by atoms with van der Waals surface area (Å²) in [6.45, 7) is -0.333. The molecule has 6 rings (SSSR count). The first-order valence-electron chi connectivity index (χ1n) is 21.8. The molecule has 0 radical (unpaired) electrons. The number of rotatable bonds is 15. The summed E-state index contributed by atoms with van der Waals surface area (Å²) in [5.74, 6) is -0.873. The highest BCUT2D eigenvalue weighted by molar-refractivity contribution is 5.73. The third-order valence-electron chi connectivity index (χ3n) is 12.8. The molecule has 1 amide bonds. The maximum Gasteiger partial charge on any atom is 0.217 e. The SMILES string of the molecule is CC(=O)N[C@H]1[C@H](O[C@H]2[C@@H](O)[C@@H](CO)O[C@@H](O[C@H]3[C@H](O[C@H]4O[C@H](C)[C@H](O)[C@H](O)[C@H]4O)[C@@H](O)[C@H](O)O[C@@H]3CO)[C@@H]2O)O[C@H](CO)[C@@H](O[C@H]2O[C@H](C)[C@H](O)[C@H](O)[C@H]2O)[C@@H]1O[C@@H]1O[C@H](CO)[C@H](O)[C@H](O)[C@H]1O. The summed E-state index contributed by atoms with van der Waals surface area (Å²) < 4.78 is 63.6. The van der Waals surface area contributed by atoms with E-state index in [1.807, 2.05) is 0 Å². The van der Waals surface area contributed by atoms with E-state index in [2.05, 4.69) is 5.32 Å². The van der Waals surface area contributed by atoms with Crippen LogP contribution in [0, 0.1) is 0 Å². The van der Waals surface area contributed by atoms with Gasteiger partial charge in [-0.05, 0) is 13.8 Å². The second-order valence-electron chi connectivity index (χ2n) is 17.5. The van der Waals surface area contributed by atoms with Crippen molar-refractivity contribution < 1.29 is 144 Å². The zero-order valence-corrected chi connectivity index (χ0v) is 36.7. The lowest BCUT2D eigenvalue weighted by Gasteiger charge is -2.52. The van der Waals surface area contributed by atoms with Gasteiger partial charge in [0.15, 0.2) is 37.7 Å². The third kappa shape index (κ3) is 11.4. The normalized spacial score (nSPS) is 52.6. The largest absolute Gasteiger partial charge is 0.394 e. The minimum Gasteiger partial charge on any atom is -0.394 e. The van der Waals surface area contributed by atoms with Gasteiger partial charge in [-0.2, -0.15) is 0 Å². The highest BCUT2D eigenvalue weighted by Crippen LogP contribution is 2.38. The molecular formula is C38H65NO29. The van der Waals surface area contributed by atoms with Crippen molar-refractivity contribution in [3.63, 3.8) is 0 Å². The molecule has 0 aromatic rings. The van der Waals surface area contributed by atoms with E-state index in [9.17, 15) is 91.6 Å². The summed E-state index contributed by atoms with van der Waals surface area (Å²) in [5, 5.41) is 184. The Kier molecular flexibility index (Phi) is 19.2. The Hall–Kier alpha value is -1.65. The van der Waals surface area contributed by atoms with Crippen LogP contribution in [0.4, 0.5) is 0 Å². The summed E-state index contributed by atoms with van der Waals surface area (Å²) in [6, 6.07) is -1.81. The molecule has 6 fully saturated rings. The number of amides is 1. The van der Waals surface area contributed by atoms with E-state index < -0.39 is 217 Å². The Labute approximate surface area is 386 Å². The van der Waals surface area contributed by atoms with Crippen LogP contribution in [-0.4, -0.2) is 303 Å². The standard InChI is InChI=1S/C38H65NO29/c1-8-16(45)20(49)23(52)35(58-8)64-28-14(7-43)63-34(15(39-10(3)44)30(28)66-37-25(54)22(51)18(47)11(4-40)61-37)67-31-19(48)12(5-41)62-38(27(31)56)65-29-13(6-42)60-33(57)26(55)32(29)68-36-24(53)21(50)17(46)9(2)59-36/h8-9,11-38,40-43,45-57H,4-7H2,1-3H3,(H,39,44)/t8-,9-,11-,12-,13-,14-,15-,16+,17+,18+,19+,20+,21+,22+,23-,24-,25-,26-,27-,28-,29-,30-,31+,32-,33-,34+,35-,36-,37+,38+/m1/s1. The van der Waals surface area contributed by atoms with Crippen LogP contribution in [0.2, 0.25) is 0 Å². The number of hydrogen-bond acceptors (Lipinski definition) is 29. The number of nitrogens with one attached hydrogen (secondary N) is 1. The maximum absolute atomic E-state index is 12.9. The van der Waals surface area contributed by atoms with Gasteiger partial charge in [0.1, 0.15) is 134 Å². The molecule has 0 bridgehead atoms. The van der Waals surface area contributed by atoms with Crippen LogP contribution >= 0.6 is 0 Å². The fraction of sp³-hybridized carbons (Fsp3) is 0.974. The van der Waals surface area contributed by atoms with Crippen molar-refractivity contribution in [1.29, 1.82) is 0 Å². The Morgan fingerprint density at radius 1 is 0.382 bits per heavy atom. The minimum absolute atomic E-state index is 0.873. The van der Waals surface area contributed by atoms with E-state index in [1.165, 1.54) is 13.8 Å². The minimum atomic E-state index is -2.24. The Bertz CT molecular complexity index is 1590. The van der Waals surface area contributed by atoms with E-state index in [1.54, 1.807) is 0 Å². The van der Waals surface area contributed by atoms with Crippen LogP contribution in [0.1, 0.15) is 20.8 Å². The van der Waals surface area contributed by atoms with Gasteiger partial charge in [0, 0.05) is 6.92 Å². The van der Waals surface area contributed by atoms with Gasteiger partial charge in [-0.1, -0.05) is 0 Å². The molecule has 30 heteroatoms. The molecular weight excluding hydrogens is 934 g/mol. The van der Waals surface area contributed by atoms with Crippen LogP contribution in [0.25, 0.3) is 0 Å². The van der Waals surface area contributed by atoms with Crippen molar-refractivity contribution in [3.8, 4) is 0 Å². The van der Waals surface area contributed by atoms with Crippen molar-refractivity contribution in [2.24, 2.45) is 0 Å². The first-order valence-corrected chi connectivity index (χ1v) is 21.8. The van der Waals surface area contributed by atoms with E-state index in [4.69, 9.17) is 52.1 Å². The lowest BCUT2D eigenvalue weighted by Crippen LogP contribution is -2.71. The van der Waals surface area contributed by atoms with Crippen molar-refractivity contribution in [2.45, 2.75) is 205 Å². The smallest absolute Gasteiger partial charge is 0.217 e. The molecule has 0 unspecified atom stereocenters. The molecule has 6 heterocycles. The average Bonchev–Trinajstić information content (AvgIpc) is 3.31. The summed E-state index contributed by atoms with van der Waals surface area (Å²) in [6.07, 6.45) is -53.6. The summed E-state index contributed by atoms with van der Waals surface area (Å²) in [7, 11) is 0. The molecule has 0 saturated carbocycles. The Morgan fingerprint density at radius 3 is 1.24 bits per heavy atom. The quantitative estimate of drug-likeness (QED) is 0.0724. The van der Waals surface area contributed by atoms with E-state index in [0.717, 1.165) is 6.92 Å². The lowest BCUT2D eigenvalue weighted by atomic mass is 9.93. The molecule has 30 nitrogen and oxygen atoms in total. The average molecular weight is 1000 g/mol. The topological polar surface area (TPSA) is 475 Å². The molecule has 6 saturated heterocycles. The van der Waals surface area contributed by atoms with Gasteiger partial charge in [-0.25, -0.2) is 0 Å². The first kappa shape index (κ1) is 55.7. The van der Waals surface area contributed by atoms with E-state index in [0.29, 0.717) is 0 Å². The molecule has 6 aliphatic rings. The number of carbonyl (C=O) groups excluding carboxylic acids is 1. The molecule has 0 aromatic heterocycles. The van der Waals surface area contributed by atoms with Gasteiger partial charge in [0.05, 0.1) is 38.6 Å². The fourth-order valence-electron chi connectivity index (χ4n) is 8.79. The molecule has 0 aromatic carbocycles. The van der Waals surface area contributed by atoms with Crippen LogP contribution in [-0.2, 0) is 56.9 Å². The van der Waals surface area contributed by atoms with Gasteiger partial charge >= 0.3 is 0 Å². The summed E-state index contributed by atoms with van der Waals surface area (Å²) in [4.78, 5) is 12.9. The molecule has 18 N–H and O–H groups in total. The van der Waals surface area contributed by atoms with E-state index >= 15 is 0 Å². The predicted octanol–water partition coefficient (Wildman–Crippen LogP) is -11.9. The summed E-state index contributed by atoms with van der Waals surface area (Å²) >= 11 is 0. The van der Waals surface area contributed by atoms with Gasteiger partial charge in [0.2, 0.25) is 5.91 Å². The lowest BCUT2D eigenvalue weighted by molar-refractivity contribution is -0.397. The molecule has 30 atom stereocenters. The second kappa shape index (κ2) is 23.5. The fourth-order valence-corrected chi connectivity index (χ4v) is 8.79. The second-order valence-corrected chi connectivity index (χ2v) is 17.5. The number of hydrogen-bond donors (Lipinski definition) is 18. The van der Waals surface area contributed by atoms with Crippen molar-refractivity contribution in [1.82, 2.24) is 5.32 Å². The predicted molar refractivity (Wildman–Crippen MR) is 208 cm³/mol. The third-order valence-corrected chi connectivity index (χ3v) is 12.8. The van der Waals surface area contributed by atoms with Gasteiger partial charge in [0.25, 0.3) is 0 Å². The number of ether oxygens (including phenoxy) is 11. The Balaban J connectivity index is 1.33. The van der Waals surface area contributed by atoms with Gasteiger partial charge in [-0.15, -0.1) is 0 Å². The maximum atomic E-state index is 12.9. The monoisotopic (exact) mass is 999 g/mol. The molecule has 6 aliphatic heterocycles. The van der Waals surface area contributed by atoms with Crippen molar-refractivity contribution in [3.05, 3.63) is 0 Å². The van der Waals surface area contributed by atoms with Crippen LogP contribution in [0.5, 0.6) is 0 Å². The number of aliphatic hydroxyl groups is 17. The number of carbonyl (C=O) groups is 1. The zero-order chi connectivity index (χ0) is 50.2. The highest BCUT2D eigenvalue weighted by Gasteiger charge is 2.58. The highest BCUT2D eigenvalue weighted by atomic mass is 16.8. The van der Waals surface area contributed by atoms with Crippen molar-refractivity contribution >= 4 is 5.91 Å². The summed E-state index contributed by atoms with van der Waals surface area (Å²) in [5.41, 5.74) is 0. The van der Waals surface area contributed by atoms with Crippen LogP contribution < -0.4 is 5.32 Å². The zero-order valence-electron chi connectivity index (χ0n) is 36.7. The van der Waals surface area contributed by atoms with Crippen molar-refractivity contribution in [2.75, 3.05) is 26.4 Å². The molecule has 68 heavy (non-hydrogen) atoms.